The average molecular weight is 276 g/mol. The normalized spacial score (nSPS) is 12.2. The highest BCUT2D eigenvalue weighted by molar-refractivity contribution is 5.92. The molecule has 0 fully saturated rings. The van der Waals surface area contributed by atoms with Crippen LogP contribution in [0.4, 0.5) is 0 Å². The van der Waals surface area contributed by atoms with Crippen LogP contribution in [-0.4, -0.2) is 16.2 Å². The van der Waals surface area contributed by atoms with Gasteiger partial charge in [-0.2, -0.15) is 0 Å². The smallest absolute Gasteiger partial charge is 0.331 e. The summed E-state index contributed by atoms with van der Waals surface area (Å²) in [6.45, 7) is 9.90. The van der Waals surface area contributed by atoms with Gasteiger partial charge in [-0.05, 0) is 53.2 Å². The molecule has 3 heteroatoms. The van der Waals surface area contributed by atoms with Crippen LogP contribution in [-0.2, 0) is 4.79 Å². The highest BCUT2D eigenvalue weighted by Gasteiger charge is 2.15. The summed E-state index contributed by atoms with van der Waals surface area (Å²) in [7, 11) is 0. The molecule has 0 heterocycles. The van der Waals surface area contributed by atoms with Gasteiger partial charge in [0, 0.05) is 5.57 Å². The number of carbonyl (C=O) groups is 1. The molecule has 0 atom stereocenters. The molecule has 0 saturated carbocycles. The fourth-order valence-electron chi connectivity index (χ4n) is 2.18. The van der Waals surface area contributed by atoms with E-state index in [4.69, 9.17) is 5.11 Å². The van der Waals surface area contributed by atoms with E-state index in [1.807, 2.05) is 46.8 Å². The van der Waals surface area contributed by atoms with E-state index in [9.17, 15) is 9.90 Å². The second-order valence-corrected chi connectivity index (χ2v) is 5.69. The Morgan fingerprint density at radius 2 is 1.60 bits per heavy atom. The first-order valence-electron chi connectivity index (χ1n) is 7.08. The Labute approximate surface area is 121 Å². The first-order chi connectivity index (χ1) is 9.27. The molecule has 0 aromatic heterocycles. The molecule has 0 aliphatic carbocycles. The highest BCUT2D eigenvalue weighted by Crippen LogP contribution is 2.35. The third kappa shape index (κ3) is 3.62. The molecule has 0 unspecified atom stereocenters. The van der Waals surface area contributed by atoms with Gasteiger partial charge in [-0.25, -0.2) is 4.79 Å². The third-order valence-electron chi connectivity index (χ3n) is 3.43. The molecule has 3 nitrogen and oxygen atoms in total. The molecule has 20 heavy (non-hydrogen) atoms. The lowest BCUT2D eigenvalue weighted by Crippen LogP contribution is -2.00. The third-order valence-corrected chi connectivity index (χ3v) is 3.43. The van der Waals surface area contributed by atoms with E-state index in [2.05, 4.69) is 0 Å². The SMILES string of the molecule is CCC(=Cc1cc(C(C)C)c(O)c(C(C)C)c1)C(=O)O. The number of aromatic hydroxyl groups is 1. The Hall–Kier alpha value is -1.77. The number of hydrogen-bond donors (Lipinski definition) is 2. The van der Waals surface area contributed by atoms with E-state index in [0.717, 1.165) is 16.7 Å². The van der Waals surface area contributed by atoms with E-state index in [-0.39, 0.29) is 11.8 Å². The summed E-state index contributed by atoms with van der Waals surface area (Å²) in [6, 6.07) is 3.76. The van der Waals surface area contributed by atoms with Crippen LogP contribution in [0.3, 0.4) is 0 Å². The monoisotopic (exact) mass is 276 g/mol. The Morgan fingerprint density at radius 3 is 1.90 bits per heavy atom. The standard InChI is InChI=1S/C17H24O3/c1-6-13(17(19)20)7-12-8-14(10(2)3)16(18)15(9-12)11(4)5/h7-11,18H,6H2,1-5H3,(H,19,20). The van der Waals surface area contributed by atoms with Gasteiger partial charge in [0.2, 0.25) is 0 Å². The van der Waals surface area contributed by atoms with Crippen molar-refractivity contribution in [1.29, 1.82) is 0 Å². The lowest BCUT2D eigenvalue weighted by molar-refractivity contribution is -0.132. The summed E-state index contributed by atoms with van der Waals surface area (Å²) in [5, 5.41) is 19.4. The number of benzene rings is 1. The molecule has 110 valence electrons. The minimum atomic E-state index is -0.891. The van der Waals surface area contributed by atoms with Crippen molar-refractivity contribution in [2.45, 2.75) is 52.9 Å². The molecule has 0 saturated heterocycles. The number of aliphatic carboxylic acids is 1. The van der Waals surface area contributed by atoms with E-state index >= 15 is 0 Å². The van der Waals surface area contributed by atoms with Crippen LogP contribution in [0.2, 0.25) is 0 Å². The lowest BCUT2D eigenvalue weighted by Gasteiger charge is -2.16. The van der Waals surface area contributed by atoms with E-state index in [1.165, 1.54) is 0 Å². The minimum absolute atomic E-state index is 0.191. The predicted molar refractivity (Wildman–Crippen MR) is 82.2 cm³/mol. The van der Waals surface area contributed by atoms with Gasteiger partial charge in [-0.3, -0.25) is 0 Å². The largest absolute Gasteiger partial charge is 0.507 e. The van der Waals surface area contributed by atoms with Crippen LogP contribution < -0.4 is 0 Å². The minimum Gasteiger partial charge on any atom is -0.507 e. The molecule has 1 aromatic rings. The first kappa shape index (κ1) is 16.3. The fourth-order valence-corrected chi connectivity index (χ4v) is 2.18. The number of carboxylic acid groups (broad SMARTS) is 1. The van der Waals surface area contributed by atoms with Crippen LogP contribution in [0.5, 0.6) is 5.75 Å². The average Bonchev–Trinajstić information content (AvgIpc) is 2.36. The molecule has 1 rings (SSSR count). The van der Waals surface area contributed by atoms with Crippen LogP contribution in [0.15, 0.2) is 17.7 Å². The first-order valence-corrected chi connectivity index (χ1v) is 7.08. The number of carboxylic acids is 1. The highest BCUT2D eigenvalue weighted by atomic mass is 16.4. The van der Waals surface area contributed by atoms with Gasteiger partial charge in [-0.1, -0.05) is 34.6 Å². The van der Waals surface area contributed by atoms with Gasteiger partial charge in [-0.15, -0.1) is 0 Å². The van der Waals surface area contributed by atoms with Crippen molar-refractivity contribution >= 4 is 12.0 Å². The fraction of sp³-hybridized carbons (Fsp3) is 0.471. The number of phenols is 1. The molecule has 0 bridgehead atoms. The molecule has 0 aliphatic heterocycles. The molecule has 1 aromatic carbocycles. The van der Waals surface area contributed by atoms with Gasteiger partial charge >= 0.3 is 5.97 Å². The Morgan fingerprint density at radius 1 is 1.15 bits per heavy atom. The summed E-state index contributed by atoms with van der Waals surface area (Å²) >= 11 is 0. The van der Waals surface area contributed by atoms with E-state index in [1.54, 1.807) is 6.08 Å². The van der Waals surface area contributed by atoms with Crippen LogP contribution in [0.25, 0.3) is 6.08 Å². The van der Waals surface area contributed by atoms with Crippen molar-refractivity contribution in [2.75, 3.05) is 0 Å². The van der Waals surface area contributed by atoms with Crippen molar-refractivity contribution in [1.82, 2.24) is 0 Å². The summed E-state index contributed by atoms with van der Waals surface area (Å²) in [5.74, 6) is -0.176. The maximum absolute atomic E-state index is 11.1. The predicted octanol–water partition coefficient (Wildman–Crippen LogP) is 4.52. The molecule has 0 spiro atoms. The zero-order valence-electron chi connectivity index (χ0n) is 12.9. The molecular formula is C17H24O3. The van der Waals surface area contributed by atoms with Crippen molar-refractivity contribution in [2.24, 2.45) is 0 Å². The number of phenolic OH excluding ortho intramolecular Hbond substituents is 1. The molecule has 0 aliphatic rings. The summed E-state index contributed by atoms with van der Waals surface area (Å²) < 4.78 is 0. The quantitative estimate of drug-likeness (QED) is 0.777. The van der Waals surface area contributed by atoms with Crippen molar-refractivity contribution in [3.63, 3.8) is 0 Å². The van der Waals surface area contributed by atoms with E-state index < -0.39 is 5.97 Å². The topological polar surface area (TPSA) is 57.5 Å². The summed E-state index contributed by atoms with van der Waals surface area (Å²) in [6.07, 6.45) is 2.17. The van der Waals surface area contributed by atoms with Gasteiger partial charge in [0.25, 0.3) is 0 Å². The Balaban J connectivity index is 3.45. The maximum Gasteiger partial charge on any atom is 0.331 e. The van der Waals surface area contributed by atoms with Gasteiger partial charge in [0.1, 0.15) is 5.75 Å². The van der Waals surface area contributed by atoms with Crippen molar-refractivity contribution in [3.05, 3.63) is 34.4 Å². The van der Waals surface area contributed by atoms with Crippen molar-refractivity contribution in [3.8, 4) is 5.75 Å². The van der Waals surface area contributed by atoms with Crippen LogP contribution in [0.1, 0.15) is 69.6 Å². The van der Waals surface area contributed by atoms with Gasteiger partial charge < -0.3 is 10.2 Å². The molecule has 0 radical (unpaired) electrons. The van der Waals surface area contributed by atoms with Crippen LogP contribution >= 0.6 is 0 Å². The van der Waals surface area contributed by atoms with E-state index in [0.29, 0.717) is 17.7 Å². The Bertz CT molecular complexity index is 496. The van der Waals surface area contributed by atoms with Gasteiger partial charge in [0.05, 0.1) is 0 Å². The zero-order chi connectivity index (χ0) is 15.4. The summed E-state index contributed by atoms with van der Waals surface area (Å²) in [5.41, 5.74) is 2.95. The number of rotatable bonds is 5. The number of hydrogen-bond acceptors (Lipinski definition) is 2. The second kappa shape index (κ2) is 6.60. The van der Waals surface area contributed by atoms with Crippen molar-refractivity contribution < 1.29 is 15.0 Å². The maximum atomic E-state index is 11.1. The second-order valence-electron chi connectivity index (χ2n) is 5.69. The van der Waals surface area contributed by atoms with Gasteiger partial charge in [0.15, 0.2) is 0 Å². The summed E-state index contributed by atoms with van der Waals surface area (Å²) in [4.78, 5) is 11.1. The zero-order valence-corrected chi connectivity index (χ0v) is 12.9. The Kier molecular flexibility index (Phi) is 5.37. The molecule has 0 amide bonds. The van der Waals surface area contributed by atoms with Crippen LogP contribution in [0, 0.1) is 0 Å². The lowest BCUT2D eigenvalue weighted by atomic mass is 9.91. The molecule has 2 N–H and O–H groups in total. The molecular weight excluding hydrogens is 252 g/mol.